The van der Waals surface area contributed by atoms with E-state index in [9.17, 15) is 39.9 Å². The van der Waals surface area contributed by atoms with E-state index in [4.69, 9.17) is 5.73 Å². The van der Waals surface area contributed by atoms with Gasteiger partial charge in [-0.1, -0.05) is 6.92 Å². The maximum absolute atomic E-state index is 13.0. The minimum Gasteiger partial charge on any atom is -0.473 e. The number of carbonyl (C=O) groups excluding carboxylic acids is 1. The number of allylic oxidation sites excluding steroid dienone is 3. The molecule has 0 fully saturated rings. The standard InChI is InChI=1S/C18H19F8IN4O2/c1-4-13(32)12(8-30(3)10(2)33-9-16(19,20)18(24,25)26)14(28)15(27)31-7-11(5-6-29-31)17(21,22)23/h5-8,29H,2,4,9,28H2,1,3H3/b12-8+,15-14-. The molecule has 1 heterocycles. The van der Waals surface area contributed by atoms with Crippen LogP contribution in [0.2, 0.25) is 0 Å². The van der Waals surface area contributed by atoms with E-state index in [2.05, 4.69) is 16.7 Å². The fourth-order valence-electron chi connectivity index (χ4n) is 2.05. The quantitative estimate of drug-likeness (QED) is 0.0987. The van der Waals surface area contributed by atoms with Crippen LogP contribution in [-0.4, -0.2) is 47.6 Å². The Morgan fingerprint density at radius 1 is 1.27 bits per heavy atom. The van der Waals surface area contributed by atoms with Crippen molar-refractivity contribution in [2.45, 2.75) is 31.6 Å². The summed E-state index contributed by atoms with van der Waals surface area (Å²) in [5.41, 5.74) is 6.88. The molecule has 0 saturated carbocycles. The molecule has 15 heteroatoms. The number of hydrazine groups is 1. The Labute approximate surface area is 197 Å². The number of rotatable bonds is 9. The van der Waals surface area contributed by atoms with Crippen LogP contribution in [0, 0.1) is 0 Å². The number of ketones is 1. The van der Waals surface area contributed by atoms with Crippen LogP contribution < -0.4 is 11.2 Å². The van der Waals surface area contributed by atoms with E-state index in [0.717, 1.165) is 35.4 Å². The molecule has 33 heavy (non-hydrogen) atoms. The molecule has 6 nitrogen and oxygen atoms in total. The first-order valence-corrected chi connectivity index (χ1v) is 9.91. The molecule has 0 aliphatic carbocycles. The van der Waals surface area contributed by atoms with Gasteiger partial charge in [-0.05, 0) is 35.2 Å². The van der Waals surface area contributed by atoms with Crippen LogP contribution in [0.25, 0.3) is 0 Å². The second-order valence-corrected chi connectivity index (χ2v) is 7.46. The highest BCUT2D eigenvalue weighted by atomic mass is 127. The first-order chi connectivity index (χ1) is 14.9. The highest BCUT2D eigenvalue weighted by Crippen LogP contribution is 2.36. The van der Waals surface area contributed by atoms with E-state index < -0.39 is 42.1 Å². The van der Waals surface area contributed by atoms with Gasteiger partial charge >= 0.3 is 18.3 Å². The van der Waals surface area contributed by atoms with Crippen LogP contribution in [0.1, 0.15) is 13.3 Å². The van der Waals surface area contributed by atoms with Crippen molar-refractivity contribution >= 4 is 28.4 Å². The van der Waals surface area contributed by atoms with E-state index in [1.165, 1.54) is 6.92 Å². The summed E-state index contributed by atoms with van der Waals surface area (Å²) >= 11 is 1.57. The molecule has 0 radical (unpaired) electrons. The molecule has 0 bridgehead atoms. The van der Waals surface area contributed by atoms with Crippen LogP contribution in [0.5, 0.6) is 0 Å². The first-order valence-electron chi connectivity index (χ1n) is 8.83. The summed E-state index contributed by atoms with van der Waals surface area (Å²) in [6.07, 6.45) is -7.20. The normalized spacial score (nSPS) is 16.0. The second kappa shape index (κ2) is 10.6. The Balaban J connectivity index is 3.20. The van der Waals surface area contributed by atoms with Crippen molar-refractivity contribution in [1.29, 1.82) is 0 Å². The van der Waals surface area contributed by atoms with E-state index in [-0.39, 0.29) is 21.4 Å². The minimum atomic E-state index is -5.84. The van der Waals surface area contributed by atoms with Crippen LogP contribution in [0.3, 0.4) is 0 Å². The number of alkyl halides is 8. The molecular formula is C18H19F8IN4O2. The number of ether oxygens (including phenoxy) is 1. The summed E-state index contributed by atoms with van der Waals surface area (Å²) in [7, 11) is 1.14. The maximum atomic E-state index is 13.0. The molecule has 0 aromatic rings. The molecule has 0 amide bonds. The van der Waals surface area contributed by atoms with Crippen LogP contribution in [0.4, 0.5) is 35.1 Å². The van der Waals surface area contributed by atoms with E-state index >= 15 is 0 Å². The summed E-state index contributed by atoms with van der Waals surface area (Å²) in [4.78, 5) is 13.2. The van der Waals surface area contributed by atoms with Crippen molar-refractivity contribution in [3.63, 3.8) is 0 Å². The SMILES string of the molecule is C=C(OCC(F)(F)C(F)(F)F)N(C)/C=C(C(=O)CC)/C(N)=C(\I)N1C=C(C(F)(F)F)C=CN1. The maximum Gasteiger partial charge on any atom is 0.456 e. The van der Waals surface area contributed by atoms with Crippen LogP contribution >= 0.6 is 22.6 Å². The van der Waals surface area contributed by atoms with E-state index in [1.807, 2.05) is 0 Å². The van der Waals surface area contributed by atoms with Gasteiger partial charge in [0, 0.05) is 32.1 Å². The molecule has 0 saturated heterocycles. The Hall–Kier alpha value is -2.46. The summed E-state index contributed by atoms with van der Waals surface area (Å²) in [6.45, 7) is 2.63. The largest absolute Gasteiger partial charge is 0.473 e. The van der Waals surface area contributed by atoms with Gasteiger partial charge in [0.25, 0.3) is 0 Å². The van der Waals surface area contributed by atoms with Gasteiger partial charge in [-0.2, -0.15) is 35.1 Å². The zero-order valence-electron chi connectivity index (χ0n) is 17.1. The molecule has 186 valence electrons. The monoisotopic (exact) mass is 602 g/mol. The third-order valence-electron chi connectivity index (χ3n) is 3.97. The lowest BCUT2D eigenvalue weighted by Crippen LogP contribution is -2.41. The van der Waals surface area contributed by atoms with Gasteiger partial charge in [-0.15, -0.1) is 0 Å². The van der Waals surface area contributed by atoms with Crippen molar-refractivity contribution in [3.05, 3.63) is 57.7 Å². The molecule has 1 aliphatic rings. The highest BCUT2D eigenvalue weighted by Gasteiger charge is 2.58. The van der Waals surface area contributed by atoms with Gasteiger partial charge in [0.1, 0.15) is 3.70 Å². The number of halogens is 9. The lowest BCUT2D eigenvalue weighted by atomic mass is 10.1. The molecule has 0 spiro atoms. The second-order valence-electron chi connectivity index (χ2n) is 6.43. The number of nitrogens with zero attached hydrogens (tertiary/aromatic N) is 2. The molecule has 0 aromatic carbocycles. The summed E-state index contributed by atoms with van der Waals surface area (Å²) in [6, 6.07) is 0. The Morgan fingerprint density at radius 3 is 2.33 bits per heavy atom. The predicted molar refractivity (Wildman–Crippen MR) is 111 cm³/mol. The van der Waals surface area contributed by atoms with Crippen molar-refractivity contribution in [2.75, 3.05) is 13.7 Å². The average molecular weight is 602 g/mol. The first kappa shape index (κ1) is 28.6. The van der Waals surface area contributed by atoms with Gasteiger partial charge < -0.3 is 20.8 Å². The summed E-state index contributed by atoms with van der Waals surface area (Å²) in [5, 5.41) is 0.894. The third kappa shape index (κ3) is 7.53. The molecule has 0 atom stereocenters. The lowest BCUT2D eigenvalue weighted by molar-refractivity contribution is -0.294. The number of Topliss-reactive ketones (excluding diaryl/α,β-unsaturated/α-hetero) is 1. The molecule has 3 N–H and O–H groups in total. The van der Waals surface area contributed by atoms with Gasteiger partial charge in [-0.25, -0.2) is 0 Å². The van der Waals surface area contributed by atoms with Crippen molar-refractivity contribution in [1.82, 2.24) is 15.3 Å². The molecule has 0 unspecified atom stereocenters. The average Bonchev–Trinajstić information content (AvgIpc) is 2.72. The fraction of sp³-hybridized carbons (Fsp3) is 0.389. The van der Waals surface area contributed by atoms with Gasteiger partial charge in [-0.3, -0.25) is 9.80 Å². The van der Waals surface area contributed by atoms with E-state index in [0.29, 0.717) is 6.20 Å². The van der Waals surface area contributed by atoms with Crippen molar-refractivity contribution in [3.8, 4) is 0 Å². The Kier molecular flexibility index (Phi) is 9.22. The summed E-state index contributed by atoms with van der Waals surface area (Å²) < 4.78 is 106. The van der Waals surface area contributed by atoms with Crippen molar-refractivity contribution < 1.29 is 44.7 Å². The fourth-order valence-corrected chi connectivity index (χ4v) is 2.62. The smallest absolute Gasteiger partial charge is 0.456 e. The molecule has 1 aliphatic heterocycles. The zero-order valence-corrected chi connectivity index (χ0v) is 19.3. The van der Waals surface area contributed by atoms with Gasteiger partial charge in [0.05, 0.1) is 16.8 Å². The summed E-state index contributed by atoms with van der Waals surface area (Å²) in [5.74, 6) is -6.41. The molecular weight excluding hydrogens is 583 g/mol. The van der Waals surface area contributed by atoms with Gasteiger partial charge in [0.2, 0.25) is 0 Å². The molecule has 1 rings (SSSR count). The highest BCUT2D eigenvalue weighted by molar-refractivity contribution is 14.1. The van der Waals surface area contributed by atoms with E-state index in [1.54, 1.807) is 22.6 Å². The number of hydrogen-bond acceptors (Lipinski definition) is 6. The predicted octanol–water partition coefficient (Wildman–Crippen LogP) is 4.81. The number of nitrogens with one attached hydrogen (secondary N) is 1. The van der Waals surface area contributed by atoms with Crippen LogP contribution in [0.15, 0.2) is 57.7 Å². The van der Waals surface area contributed by atoms with Crippen molar-refractivity contribution in [2.24, 2.45) is 5.73 Å². The Bertz CT molecular complexity index is 891. The third-order valence-corrected chi connectivity index (χ3v) is 5.07. The Morgan fingerprint density at radius 2 is 1.85 bits per heavy atom. The van der Waals surface area contributed by atoms with Crippen LogP contribution in [-0.2, 0) is 9.53 Å². The minimum absolute atomic E-state index is 0.0599. The number of carbonyl (C=O) groups is 1. The lowest BCUT2D eigenvalue weighted by Gasteiger charge is -2.27. The number of nitrogens with two attached hydrogens (primary N) is 1. The topological polar surface area (TPSA) is 70.8 Å². The van der Waals surface area contributed by atoms with Gasteiger partial charge in [0.15, 0.2) is 18.3 Å². The zero-order chi connectivity index (χ0) is 25.8. The number of hydrogen-bond donors (Lipinski definition) is 2. The molecule has 0 aromatic heterocycles.